The second kappa shape index (κ2) is 4.77. The number of likely N-dealkylation sites (tertiary alicyclic amines) is 1. The molecule has 0 radical (unpaired) electrons. The second-order valence-corrected chi connectivity index (χ2v) is 4.37. The van der Waals surface area contributed by atoms with Crippen LogP contribution in [0, 0.1) is 0 Å². The van der Waals surface area contributed by atoms with E-state index in [-0.39, 0.29) is 18.5 Å². The predicted molar refractivity (Wildman–Crippen MR) is 62.9 cm³/mol. The number of amides is 1. The number of carbonyl (C=O) groups excluding carboxylic acids is 1. The third-order valence-electron chi connectivity index (χ3n) is 3.06. The third kappa shape index (κ3) is 2.32. The van der Waals surface area contributed by atoms with E-state index in [1.807, 2.05) is 0 Å². The summed E-state index contributed by atoms with van der Waals surface area (Å²) < 4.78 is 0. The lowest BCUT2D eigenvalue weighted by atomic mass is 10.1. The van der Waals surface area contributed by atoms with Crippen molar-refractivity contribution in [1.29, 1.82) is 0 Å². The van der Waals surface area contributed by atoms with Crippen LogP contribution < -0.4 is 0 Å². The van der Waals surface area contributed by atoms with E-state index in [0.29, 0.717) is 0 Å². The van der Waals surface area contributed by atoms with E-state index >= 15 is 0 Å². The SMILES string of the molecule is O=C(O)[C@H]1C[C@@H](O)CN1C(=O)c1c(O)cccc1O. The van der Waals surface area contributed by atoms with Gasteiger partial charge in [0.05, 0.1) is 6.10 Å². The van der Waals surface area contributed by atoms with Gasteiger partial charge in [0, 0.05) is 13.0 Å². The van der Waals surface area contributed by atoms with Crippen molar-refractivity contribution in [2.24, 2.45) is 0 Å². The molecule has 7 nitrogen and oxygen atoms in total. The highest BCUT2D eigenvalue weighted by molar-refractivity contribution is 6.01. The van der Waals surface area contributed by atoms with Gasteiger partial charge in [-0.15, -0.1) is 0 Å². The molecule has 1 heterocycles. The number of carbonyl (C=O) groups is 2. The van der Waals surface area contributed by atoms with Crippen molar-refractivity contribution >= 4 is 11.9 Å². The molecule has 1 aromatic carbocycles. The number of phenolic OH excluding ortho intramolecular Hbond substituents is 2. The van der Waals surface area contributed by atoms with Crippen molar-refractivity contribution in [2.45, 2.75) is 18.6 Å². The first-order valence-corrected chi connectivity index (χ1v) is 5.64. The largest absolute Gasteiger partial charge is 0.507 e. The minimum absolute atomic E-state index is 0.0740. The van der Waals surface area contributed by atoms with Gasteiger partial charge in [-0.05, 0) is 12.1 Å². The molecule has 0 saturated carbocycles. The molecule has 1 amide bonds. The number of benzene rings is 1. The van der Waals surface area contributed by atoms with Crippen molar-refractivity contribution in [3.63, 3.8) is 0 Å². The van der Waals surface area contributed by atoms with Gasteiger partial charge in [-0.2, -0.15) is 0 Å². The lowest BCUT2D eigenvalue weighted by molar-refractivity contribution is -0.141. The first-order chi connectivity index (χ1) is 8.91. The smallest absolute Gasteiger partial charge is 0.326 e. The number of aromatic hydroxyl groups is 2. The number of carboxylic acids is 1. The molecule has 1 saturated heterocycles. The lowest BCUT2D eigenvalue weighted by Crippen LogP contribution is -2.40. The van der Waals surface area contributed by atoms with E-state index in [1.165, 1.54) is 18.2 Å². The monoisotopic (exact) mass is 267 g/mol. The number of carboxylic acid groups (broad SMARTS) is 1. The number of β-amino-alcohol motifs (C(OH)–C–C–N with tert-alkyl or cyclic N) is 1. The molecule has 1 aliphatic heterocycles. The molecule has 0 aliphatic carbocycles. The van der Waals surface area contributed by atoms with Crippen LogP contribution in [0.5, 0.6) is 11.5 Å². The quantitative estimate of drug-likeness (QED) is 0.587. The standard InChI is InChI=1S/C12H13NO6/c14-6-4-7(12(18)19)13(5-6)11(17)10-8(15)2-1-3-9(10)16/h1-3,6-7,14-16H,4-5H2,(H,18,19)/t6-,7-/m1/s1. The minimum atomic E-state index is -1.24. The van der Waals surface area contributed by atoms with Crippen molar-refractivity contribution in [1.82, 2.24) is 4.90 Å². The number of nitrogens with zero attached hydrogens (tertiary/aromatic N) is 1. The Morgan fingerprint density at radius 2 is 1.79 bits per heavy atom. The number of phenols is 2. The van der Waals surface area contributed by atoms with Crippen LogP contribution in [-0.2, 0) is 4.79 Å². The van der Waals surface area contributed by atoms with Gasteiger partial charge in [0.2, 0.25) is 0 Å². The van der Waals surface area contributed by atoms with Crippen LogP contribution in [0.15, 0.2) is 18.2 Å². The Labute approximate surface area is 108 Å². The summed E-state index contributed by atoms with van der Waals surface area (Å²) in [5, 5.41) is 37.7. The van der Waals surface area contributed by atoms with E-state index < -0.39 is 35.5 Å². The average molecular weight is 267 g/mol. The number of hydrogen-bond donors (Lipinski definition) is 4. The van der Waals surface area contributed by atoms with E-state index in [4.69, 9.17) is 5.11 Å². The average Bonchev–Trinajstić information content (AvgIpc) is 2.71. The van der Waals surface area contributed by atoms with Gasteiger partial charge in [0.15, 0.2) is 0 Å². The molecular weight excluding hydrogens is 254 g/mol. The Morgan fingerprint density at radius 1 is 1.21 bits per heavy atom. The van der Waals surface area contributed by atoms with Gasteiger partial charge < -0.3 is 25.3 Å². The van der Waals surface area contributed by atoms with Crippen LogP contribution in [-0.4, -0.2) is 55.9 Å². The molecule has 2 atom stereocenters. The number of aliphatic carboxylic acids is 1. The Morgan fingerprint density at radius 3 is 2.32 bits per heavy atom. The van der Waals surface area contributed by atoms with Crippen molar-refractivity contribution in [3.8, 4) is 11.5 Å². The van der Waals surface area contributed by atoms with E-state index in [1.54, 1.807) is 0 Å². The Balaban J connectivity index is 2.36. The Bertz CT molecular complexity index is 509. The number of hydrogen-bond acceptors (Lipinski definition) is 5. The van der Waals surface area contributed by atoms with Crippen LogP contribution in [0.3, 0.4) is 0 Å². The normalized spacial score (nSPS) is 22.5. The molecule has 102 valence electrons. The van der Waals surface area contributed by atoms with Crippen molar-refractivity contribution in [3.05, 3.63) is 23.8 Å². The first-order valence-electron chi connectivity index (χ1n) is 5.64. The van der Waals surface area contributed by atoms with Crippen LogP contribution in [0.2, 0.25) is 0 Å². The van der Waals surface area contributed by atoms with Crippen molar-refractivity contribution in [2.75, 3.05) is 6.54 Å². The zero-order chi connectivity index (χ0) is 14.2. The van der Waals surface area contributed by atoms with Gasteiger partial charge in [-0.1, -0.05) is 6.07 Å². The van der Waals surface area contributed by atoms with Crippen molar-refractivity contribution < 1.29 is 30.0 Å². The fourth-order valence-electron chi connectivity index (χ4n) is 2.16. The van der Waals surface area contributed by atoms with E-state index in [9.17, 15) is 24.9 Å². The summed E-state index contributed by atoms with van der Waals surface area (Å²) in [6.45, 7) is -0.149. The predicted octanol–water partition coefficient (Wildman–Crippen LogP) is -0.242. The fraction of sp³-hybridized carbons (Fsp3) is 0.333. The molecule has 1 aliphatic rings. The highest BCUT2D eigenvalue weighted by Crippen LogP contribution is 2.30. The summed E-state index contributed by atoms with van der Waals surface area (Å²) in [5.74, 6) is -2.93. The van der Waals surface area contributed by atoms with Gasteiger partial charge in [0.1, 0.15) is 23.1 Å². The molecule has 7 heteroatoms. The molecule has 1 fully saturated rings. The highest BCUT2D eigenvalue weighted by atomic mass is 16.4. The molecule has 0 spiro atoms. The molecule has 2 rings (SSSR count). The maximum absolute atomic E-state index is 12.2. The first kappa shape index (κ1) is 13.2. The van der Waals surface area contributed by atoms with E-state index in [0.717, 1.165) is 4.90 Å². The molecule has 1 aromatic rings. The highest BCUT2D eigenvalue weighted by Gasteiger charge is 2.40. The number of aliphatic hydroxyl groups is 1. The van der Waals surface area contributed by atoms with Crippen LogP contribution in [0.1, 0.15) is 16.8 Å². The van der Waals surface area contributed by atoms with Crippen LogP contribution >= 0.6 is 0 Å². The lowest BCUT2D eigenvalue weighted by Gasteiger charge is -2.21. The summed E-state index contributed by atoms with van der Waals surface area (Å²) in [4.78, 5) is 24.1. The molecular formula is C12H13NO6. The number of rotatable bonds is 2. The summed E-state index contributed by atoms with van der Waals surface area (Å²) >= 11 is 0. The molecule has 0 aromatic heterocycles. The second-order valence-electron chi connectivity index (χ2n) is 4.37. The Kier molecular flexibility index (Phi) is 3.30. The minimum Gasteiger partial charge on any atom is -0.507 e. The summed E-state index contributed by atoms with van der Waals surface area (Å²) in [6, 6.07) is 2.63. The summed E-state index contributed by atoms with van der Waals surface area (Å²) in [5.41, 5.74) is -0.358. The van der Waals surface area contributed by atoms with Gasteiger partial charge in [0.25, 0.3) is 5.91 Å². The zero-order valence-corrected chi connectivity index (χ0v) is 9.85. The third-order valence-corrected chi connectivity index (χ3v) is 3.06. The zero-order valence-electron chi connectivity index (χ0n) is 9.85. The molecule has 4 N–H and O–H groups in total. The summed E-state index contributed by atoms with van der Waals surface area (Å²) in [6.07, 6.45) is -1.01. The van der Waals surface area contributed by atoms with Gasteiger partial charge in [-0.25, -0.2) is 4.79 Å². The summed E-state index contributed by atoms with van der Waals surface area (Å²) in [7, 11) is 0. The van der Waals surface area contributed by atoms with Crippen LogP contribution in [0.4, 0.5) is 0 Å². The Hall–Kier alpha value is -2.28. The maximum Gasteiger partial charge on any atom is 0.326 e. The van der Waals surface area contributed by atoms with Gasteiger partial charge in [-0.3, -0.25) is 4.79 Å². The number of aliphatic hydroxyl groups excluding tert-OH is 1. The van der Waals surface area contributed by atoms with Gasteiger partial charge >= 0.3 is 5.97 Å². The molecule has 19 heavy (non-hydrogen) atoms. The molecule has 0 unspecified atom stereocenters. The van der Waals surface area contributed by atoms with E-state index in [2.05, 4.69) is 0 Å². The topological polar surface area (TPSA) is 118 Å². The molecule has 0 bridgehead atoms. The van der Waals surface area contributed by atoms with Crippen LogP contribution in [0.25, 0.3) is 0 Å². The maximum atomic E-state index is 12.2. The fourth-order valence-corrected chi connectivity index (χ4v) is 2.16.